The zero-order valence-corrected chi connectivity index (χ0v) is 28.8. The van der Waals surface area contributed by atoms with Crippen molar-refractivity contribution < 1.29 is 28.4 Å². The van der Waals surface area contributed by atoms with Crippen LogP contribution in [0.25, 0.3) is 0 Å². The Hall–Kier alpha value is -0.760. The third-order valence-electron chi connectivity index (χ3n) is 7.86. The van der Waals surface area contributed by atoms with E-state index in [0.717, 1.165) is 38.5 Å². The Kier molecular flexibility index (Phi) is 30.7. The van der Waals surface area contributed by atoms with Crippen LogP contribution in [-0.4, -0.2) is 47.8 Å². The van der Waals surface area contributed by atoms with Crippen molar-refractivity contribution >= 4 is 13.7 Å². The predicted octanol–water partition coefficient (Wildman–Crippen LogP) is 8.88. The molecule has 0 bridgehead atoms. The fourth-order valence-corrected chi connectivity index (χ4v) is 5.89. The number of phosphoric ester groups is 1. The van der Waals surface area contributed by atoms with Gasteiger partial charge >= 0.3 is 7.82 Å². The lowest BCUT2D eigenvalue weighted by molar-refractivity contribution is -0.123. The van der Waals surface area contributed by atoms with Gasteiger partial charge in [0.15, 0.2) is 0 Å². The minimum atomic E-state index is -4.32. The van der Waals surface area contributed by atoms with Crippen LogP contribution in [0.1, 0.15) is 168 Å². The van der Waals surface area contributed by atoms with Crippen molar-refractivity contribution in [1.29, 1.82) is 0 Å². The van der Waals surface area contributed by atoms with E-state index < -0.39 is 20.0 Å². The van der Waals surface area contributed by atoms with Crippen LogP contribution in [0.3, 0.4) is 0 Å². The number of nitrogens with two attached hydrogens (primary N) is 1. The lowest BCUT2D eigenvalue weighted by atomic mass is 10.0. The Morgan fingerprint density at radius 2 is 1.19 bits per heavy atom. The Morgan fingerprint density at radius 1 is 0.744 bits per heavy atom. The average Bonchev–Trinajstić information content (AvgIpc) is 2.99. The van der Waals surface area contributed by atoms with Gasteiger partial charge in [0.2, 0.25) is 5.91 Å². The van der Waals surface area contributed by atoms with E-state index in [0.29, 0.717) is 6.42 Å². The number of carbonyl (C=O) groups excluding carboxylic acids is 1. The fourth-order valence-electron chi connectivity index (χ4n) is 5.13. The van der Waals surface area contributed by atoms with Crippen LogP contribution < -0.4 is 11.1 Å². The molecule has 0 aromatic carbocycles. The molecule has 0 spiro atoms. The summed E-state index contributed by atoms with van der Waals surface area (Å²) >= 11 is 0. The molecular weight excluding hydrogens is 563 g/mol. The zero-order chi connectivity index (χ0) is 31.9. The van der Waals surface area contributed by atoms with Gasteiger partial charge in [-0.25, -0.2) is 4.57 Å². The van der Waals surface area contributed by atoms with Gasteiger partial charge in [0.25, 0.3) is 0 Å². The maximum atomic E-state index is 12.6. The van der Waals surface area contributed by atoms with Gasteiger partial charge in [-0.1, -0.05) is 154 Å². The third kappa shape index (κ3) is 29.7. The largest absolute Gasteiger partial charge is 0.472 e. The first-order chi connectivity index (χ1) is 20.9. The molecule has 3 atom stereocenters. The number of hydrogen-bond acceptors (Lipinski definition) is 6. The van der Waals surface area contributed by atoms with E-state index in [1.165, 1.54) is 109 Å². The first-order valence-corrected chi connectivity index (χ1v) is 19.3. The number of hydrogen-bond donors (Lipinski definition) is 4. The van der Waals surface area contributed by atoms with Gasteiger partial charge in [-0.05, 0) is 19.3 Å². The second-order valence-electron chi connectivity index (χ2n) is 12.1. The Labute approximate surface area is 265 Å². The molecule has 0 aliphatic heterocycles. The van der Waals surface area contributed by atoms with E-state index in [1.54, 1.807) is 6.08 Å². The van der Waals surface area contributed by atoms with Crippen LogP contribution in [0, 0.1) is 0 Å². The Bertz CT molecular complexity index is 694. The quantitative estimate of drug-likeness (QED) is 0.0323. The van der Waals surface area contributed by atoms with Gasteiger partial charge in [-0.2, -0.15) is 0 Å². The molecule has 0 saturated carbocycles. The minimum absolute atomic E-state index is 0.0804. The standard InChI is InChI=1S/C34H69N2O6P/c1-3-5-7-9-11-12-13-14-15-16-17-18-19-20-22-24-26-28-34(38)36-32(31-42-43(39,40)41-30-29-35)33(37)27-25-23-21-10-8-6-4-2/h25,27,32-33,37H,3-24,26,28-31,35H2,1-2H3,(H,36,38)(H,39,40)/b27-25+. The summed E-state index contributed by atoms with van der Waals surface area (Å²) in [6.45, 7) is 4.07. The van der Waals surface area contributed by atoms with Crippen LogP contribution in [-0.2, 0) is 18.4 Å². The van der Waals surface area contributed by atoms with Crippen molar-refractivity contribution in [1.82, 2.24) is 5.32 Å². The normalized spacial score (nSPS) is 14.6. The van der Waals surface area contributed by atoms with Crippen molar-refractivity contribution in [2.24, 2.45) is 5.73 Å². The highest BCUT2D eigenvalue weighted by molar-refractivity contribution is 7.47. The van der Waals surface area contributed by atoms with E-state index in [-0.39, 0.29) is 25.7 Å². The molecule has 0 fully saturated rings. The second-order valence-corrected chi connectivity index (χ2v) is 13.5. The monoisotopic (exact) mass is 632 g/mol. The maximum Gasteiger partial charge on any atom is 0.472 e. The Balaban J connectivity index is 4.15. The lowest BCUT2D eigenvalue weighted by Crippen LogP contribution is -2.45. The van der Waals surface area contributed by atoms with E-state index >= 15 is 0 Å². The van der Waals surface area contributed by atoms with Crippen molar-refractivity contribution in [2.45, 2.75) is 180 Å². The minimum Gasteiger partial charge on any atom is -0.387 e. The van der Waals surface area contributed by atoms with Crippen LogP contribution in [0.5, 0.6) is 0 Å². The first kappa shape index (κ1) is 42.2. The zero-order valence-electron chi connectivity index (χ0n) is 28.0. The van der Waals surface area contributed by atoms with Gasteiger partial charge in [0.05, 0.1) is 25.4 Å². The molecule has 0 aliphatic carbocycles. The molecule has 1 amide bonds. The molecule has 3 unspecified atom stereocenters. The van der Waals surface area contributed by atoms with Crippen molar-refractivity contribution in [3.05, 3.63) is 12.2 Å². The first-order valence-electron chi connectivity index (χ1n) is 17.8. The molecule has 256 valence electrons. The molecule has 0 saturated heterocycles. The highest BCUT2D eigenvalue weighted by atomic mass is 31.2. The number of aliphatic hydroxyl groups excluding tert-OH is 1. The van der Waals surface area contributed by atoms with E-state index in [2.05, 4.69) is 19.2 Å². The van der Waals surface area contributed by atoms with E-state index in [1.807, 2.05) is 6.08 Å². The smallest absolute Gasteiger partial charge is 0.387 e. The lowest BCUT2D eigenvalue weighted by Gasteiger charge is -2.23. The highest BCUT2D eigenvalue weighted by Crippen LogP contribution is 2.43. The highest BCUT2D eigenvalue weighted by Gasteiger charge is 2.26. The molecule has 0 aliphatic rings. The van der Waals surface area contributed by atoms with Gasteiger partial charge in [-0.3, -0.25) is 13.8 Å². The van der Waals surface area contributed by atoms with Crippen LogP contribution in [0.15, 0.2) is 12.2 Å². The van der Waals surface area contributed by atoms with E-state index in [4.69, 9.17) is 14.8 Å². The number of nitrogens with one attached hydrogen (secondary N) is 1. The molecule has 0 aromatic heterocycles. The molecule has 43 heavy (non-hydrogen) atoms. The number of rotatable bonds is 33. The topological polar surface area (TPSA) is 131 Å². The number of unbranched alkanes of at least 4 members (excludes halogenated alkanes) is 21. The van der Waals surface area contributed by atoms with Crippen molar-refractivity contribution in [3.8, 4) is 0 Å². The second kappa shape index (κ2) is 31.2. The van der Waals surface area contributed by atoms with Crippen LogP contribution in [0.4, 0.5) is 0 Å². The average molecular weight is 633 g/mol. The van der Waals surface area contributed by atoms with Crippen LogP contribution >= 0.6 is 7.82 Å². The summed E-state index contributed by atoms with van der Waals surface area (Å²) in [6, 6.07) is -0.850. The number of amides is 1. The molecule has 9 heteroatoms. The number of allylic oxidation sites excluding steroid dienone is 1. The molecule has 0 rings (SSSR count). The summed E-state index contributed by atoms with van der Waals surface area (Å²) in [5, 5.41) is 13.5. The number of phosphoric acid groups is 1. The fraction of sp³-hybridized carbons (Fsp3) is 0.912. The maximum absolute atomic E-state index is 12.6. The van der Waals surface area contributed by atoms with Gasteiger partial charge in [0.1, 0.15) is 0 Å². The molecule has 8 nitrogen and oxygen atoms in total. The predicted molar refractivity (Wildman–Crippen MR) is 180 cm³/mol. The van der Waals surface area contributed by atoms with Crippen molar-refractivity contribution in [2.75, 3.05) is 19.8 Å². The third-order valence-corrected chi connectivity index (χ3v) is 8.85. The number of carbonyl (C=O) groups is 1. The molecule has 5 N–H and O–H groups in total. The molecule has 0 aromatic rings. The summed E-state index contributed by atoms with van der Waals surface area (Å²) in [6.07, 6.45) is 31.3. The molecule has 0 heterocycles. The SMILES string of the molecule is CCCCCCC/C=C/C(O)C(COP(=O)(O)OCCN)NC(=O)CCCCCCCCCCCCCCCCCCC. The van der Waals surface area contributed by atoms with Crippen LogP contribution in [0.2, 0.25) is 0 Å². The number of aliphatic hydroxyl groups is 1. The van der Waals surface area contributed by atoms with Gasteiger partial charge in [0, 0.05) is 13.0 Å². The molecular formula is C34H69N2O6P. The van der Waals surface area contributed by atoms with Gasteiger partial charge in [-0.15, -0.1) is 0 Å². The van der Waals surface area contributed by atoms with Gasteiger partial charge < -0.3 is 21.1 Å². The summed E-state index contributed by atoms with van der Waals surface area (Å²) < 4.78 is 21.9. The van der Waals surface area contributed by atoms with E-state index in [9.17, 15) is 19.4 Å². The van der Waals surface area contributed by atoms with Crippen molar-refractivity contribution in [3.63, 3.8) is 0 Å². The Morgan fingerprint density at radius 3 is 1.65 bits per heavy atom. The molecule has 0 radical (unpaired) electrons. The summed E-state index contributed by atoms with van der Waals surface area (Å²) in [4.78, 5) is 22.4. The summed E-state index contributed by atoms with van der Waals surface area (Å²) in [7, 11) is -4.32. The summed E-state index contributed by atoms with van der Waals surface area (Å²) in [5.74, 6) is -0.197. The summed E-state index contributed by atoms with van der Waals surface area (Å²) in [5.41, 5.74) is 5.33.